The van der Waals surface area contributed by atoms with Crippen molar-refractivity contribution in [3.63, 3.8) is 0 Å². The minimum Gasteiger partial charge on any atom is -0.296 e. The largest absolute Gasteiger partial charge is 0.332 e. The monoisotopic (exact) mass is 141 g/mol. The summed E-state index contributed by atoms with van der Waals surface area (Å²) in [7, 11) is 2.92. The van der Waals surface area contributed by atoms with Crippen LogP contribution in [0.15, 0.2) is 15.9 Å². The maximum Gasteiger partial charge on any atom is 0.332 e. The van der Waals surface area contributed by atoms with E-state index in [-0.39, 0.29) is 0 Å². The van der Waals surface area contributed by atoms with Crippen LogP contribution in [0.1, 0.15) is 0 Å². The molecule has 0 amide bonds. The second-order valence-electron chi connectivity index (χ2n) is 1.98. The molecular formula is C5H7N3O2. The van der Waals surface area contributed by atoms with E-state index in [0.29, 0.717) is 0 Å². The maximum atomic E-state index is 10.8. The van der Waals surface area contributed by atoms with Crippen LogP contribution in [-0.4, -0.2) is 14.3 Å². The third kappa shape index (κ3) is 0.854. The van der Waals surface area contributed by atoms with Gasteiger partial charge >= 0.3 is 11.1 Å². The molecule has 0 saturated carbocycles. The second-order valence-corrected chi connectivity index (χ2v) is 1.98. The second kappa shape index (κ2) is 2.09. The highest BCUT2D eigenvalue weighted by Gasteiger charge is 1.96. The molecule has 0 aliphatic rings. The SMILES string of the molecule is Cn1cnn(C)c(=O)c1=O. The molecule has 5 nitrogen and oxygen atoms in total. The fourth-order valence-corrected chi connectivity index (χ4v) is 0.549. The van der Waals surface area contributed by atoms with Crippen LogP contribution in [-0.2, 0) is 14.1 Å². The van der Waals surface area contributed by atoms with E-state index >= 15 is 0 Å². The van der Waals surface area contributed by atoms with E-state index in [9.17, 15) is 9.59 Å². The first-order chi connectivity index (χ1) is 4.63. The smallest absolute Gasteiger partial charge is 0.296 e. The van der Waals surface area contributed by atoms with Crippen LogP contribution in [0.3, 0.4) is 0 Å². The predicted molar refractivity (Wildman–Crippen MR) is 34.7 cm³/mol. The highest BCUT2D eigenvalue weighted by molar-refractivity contribution is 4.74. The van der Waals surface area contributed by atoms with Crippen molar-refractivity contribution in [1.29, 1.82) is 0 Å². The average molecular weight is 141 g/mol. The first-order valence-electron chi connectivity index (χ1n) is 2.72. The van der Waals surface area contributed by atoms with E-state index in [0.717, 1.165) is 9.25 Å². The highest BCUT2D eigenvalue weighted by Crippen LogP contribution is 1.60. The van der Waals surface area contributed by atoms with Crippen LogP contribution < -0.4 is 11.1 Å². The molecule has 0 atom stereocenters. The number of hydrogen-bond donors (Lipinski definition) is 0. The van der Waals surface area contributed by atoms with Crippen LogP contribution >= 0.6 is 0 Å². The maximum absolute atomic E-state index is 10.8. The molecule has 0 saturated heterocycles. The fraction of sp³-hybridized carbons (Fsp3) is 0.400. The van der Waals surface area contributed by atoms with Gasteiger partial charge in [0.25, 0.3) is 0 Å². The Kier molecular flexibility index (Phi) is 1.41. The molecule has 1 aromatic heterocycles. The van der Waals surface area contributed by atoms with Crippen molar-refractivity contribution < 1.29 is 0 Å². The summed E-state index contributed by atoms with van der Waals surface area (Å²) >= 11 is 0. The van der Waals surface area contributed by atoms with Gasteiger partial charge in [0.1, 0.15) is 6.33 Å². The topological polar surface area (TPSA) is 56.9 Å². The zero-order valence-electron chi connectivity index (χ0n) is 5.74. The molecule has 0 bridgehead atoms. The lowest BCUT2D eigenvalue weighted by atomic mass is 10.7. The zero-order valence-corrected chi connectivity index (χ0v) is 5.74. The average Bonchev–Trinajstić information content (AvgIpc) is 1.93. The summed E-state index contributed by atoms with van der Waals surface area (Å²) in [5, 5.41) is 3.61. The lowest BCUT2D eigenvalue weighted by molar-refractivity contribution is 0.629. The third-order valence-corrected chi connectivity index (χ3v) is 1.20. The number of aromatic nitrogens is 3. The molecule has 1 aromatic rings. The van der Waals surface area contributed by atoms with Crippen molar-refractivity contribution >= 4 is 0 Å². The van der Waals surface area contributed by atoms with Gasteiger partial charge in [-0.2, -0.15) is 5.10 Å². The highest BCUT2D eigenvalue weighted by atomic mass is 16.2. The van der Waals surface area contributed by atoms with Crippen LogP contribution in [0.25, 0.3) is 0 Å². The Hall–Kier alpha value is -1.39. The Morgan fingerprint density at radius 1 is 1.30 bits per heavy atom. The normalized spacial score (nSPS) is 9.80. The predicted octanol–water partition coefficient (Wildman–Crippen LogP) is -1.52. The number of aryl methyl sites for hydroxylation is 2. The summed E-state index contributed by atoms with van der Waals surface area (Å²) in [6.07, 6.45) is 1.30. The molecule has 0 unspecified atom stereocenters. The zero-order chi connectivity index (χ0) is 7.72. The molecule has 10 heavy (non-hydrogen) atoms. The van der Waals surface area contributed by atoms with E-state index in [1.165, 1.54) is 20.4 Å². The van der Waals surface area contributed by atoms with Gasteiger partial charge in [-0.3, -0.25) is 14.2 Å². The molecule has 1 heterocycles. The van der Waals surface area contributed by atoms with Crippen molar-refractivity contribution in [1.82, 2.24) is 14.3 Å². The van der Waals surface area contributed by atoms with Crippen molar-refractivity contribution in [2.24, 2.45) is 14.1 Å². The van der Waals surface area contributed by atoms with E-state index in [1.807, 2.05) is 0 Å². The van der Waals surface area contributed by atoms with Crippen LogP contribution in [0, 0.1) is 0 Å². The fourth-order valence-electron chi connectivity index (χ4n) is 0.549. The van der Waals surface area contributed by atoms with Gasteiger partial charge < -0.3 is 0 Å². The van der Waals surface area contributed by atoms with E-state index < -0.39 is 11.1 Å². The van der Waals surface area contributed by atoms with Gasteiger partial charge in [0.05, 0.1) is 0 Å². The van der Waals surface area contributed by atoms with Gasteiger partial charge in [0.15, 0.2) is 0 Å². The Labute approximate surface area is 56.5 Å². The van der Waals surface area contributed by atoms with E-state index in [2.05, 4.69) is 5.10 Å². The molecule has 0 aromatic carbocycles. The molecule has 0 spiro atoms. The quantitative estimate of drug-likeness (QED) is 0.412. The number of nitrogens with zero attached hydrogens (tertiary/aromatic N) is 3. The molecule has 5 heteroatoms. The lowest BCUT2D eigenvalue weighted by Crippen LogP contribution is -2.39. The first-order valence-corrected chi connectivity index (χ1v) is 2.72. The number of hydrogen-bond acceptors (Lipinski definition) is 3. The Morgan fingerprint density at radius 2 is 1.90 bits per heavy atom. The molecule has 0 aliphatic heterocycles. The van der Waals surface area contributed by atoms with Crippen molar-refractivity contribution in [3.8, 4) is 0 Å². The summed E-state index contributed by atoms with van der Waals surface area (Å²) < 4.78 is 2.14. The summed E-state index contributed by atoms with van der Waals surface area (Å²) in [4.78, 5) is 21.5. The summed E-state index contributed by atoms with van der Waals surface area (Å²) in [6.45, 7) is 0. The first kappa shape index (κ1) is 6.73. The van der Waals surface area contributed by atoms with Gasteiger partial charge in [-0.1, -0.05) is 0 Å². The minimum atomic E-state index is -0.606. The van der Waals surface area contributed by atoms with Gasteiger partial charge in [0.2, 0.25) is 0 Å². The minimum absolute atomic E-state index is 0.558. The molecule has 54 valence electrons. The molecule has 0 aliphatic carbocycles. The number of rotatable bonds is 0. The molecule has 0 radical (unpaired) electrons. The van der Waals surface area contributed by atoms with Crippen molar-refractivity contribution in [2.45, 2.75) is 0 Å². The lowest BCUT2D eigenvalue weighted by Gasteiger charge is -1.95. The Balaban J connectivity index is 3.67. The van der Waals surface area contributed by atoms with E-state index in [1.54, 1.807) is 0 Å². The molecular weight excluding hydrogens is 134 g/mol. The standard InChI is InChI=1S/C5H7N3O2/c1-7-3-6-8(2)5(10)4(7)9/h3H,1-2H3. The Morgan fingerprint density at radius 3 is 2.40 bits per heavy atom. The van der Waals surface area contributed by atoms with Crippen LogP contribution in [0.2, 0.25) is 0 Å². The van der Waals surface area contributed by atoms with Crippen molar-refractivity contribution in [3.05, 3.63) is 27.0 Å². The van der Waals surface area contributed by atoms with E-state index in [4.69, 9.17) is 0 Å². The van der Waals surface area contributed by atoms with Crippen molar-refractivity contribution in [2.75, 3.05) is 0 Å². The summed E-state index contributed by atoms with van der Waals surface area (Å²) in [5.74, 6) is 0. The molecule has 0 fully saturated rings. The summed E-state index contributed by atoms with van der Waals surface area (Å²) in [6, 6.07) is 0. The summed E-state index contributed by atoms with van der Waals surface area (Å²) in [5.41, 5.74) is -1.16. The van der Waals surface area contributed by atoms with Crippen LogP contribution in [0.5, 0.6) is 0 Å². The molecule has 0 N–H and O–H groups in total. The molecule has 1 rings (SSSR count). The third-order valence-electron chi connectivity index (χ3n) is 1.20. The van der Waals surface area contributed by atoms with Gasteiger partial charge in [0, 0.05) is 14.1 Å². The van der Waals surface area contributed by atoms with Gasteiger partial charge in [-0.25, -0.2) is 4.68 Å². The van der Waals surface area contributed by atoms with Crippen LogP contribution in [0.4, 0.5) is 0 Å². The van der Waals surface area contributed by atoms with Gasteiger partial charge in [-0.15, -0.1) is 0 Å². The Bertz CT molecular complexity index is 314. The van der Waals surface area contributed by atoms with Gasteiger partial charge in [-0.05, 0) is 0 Å².